The van der Waals surface area contributed by atoms with Crippen molar-refractivity contribution in [3.05, 3.63) is 28.8 Å². The van der Waals surface area contributed by atoms with E-state index < -0.39 is 64.4 Å². The van der Waals surface area contributed by atoms with Crippen molar-refractivity contribution in [3.8, 4) is 5.75 Å². The second-order valence-corrected chi connectivity index (χ2v) is 11.0. The van der Waals surface area contributed by atoms with Crippen molar-refractivity contribution in [1.29, 1.82) is 0 Å². The minimum absolute atomic E-state index is 0.0226. The number of rotatable bonds is 7. The monoisotopic (exact) mass is 513 g/mol. The number of Topliss-reactive ketones (excluding diaryl/α,β-unsaturated/α-hetero) is 4. The Morgan fingerprint density at radius 1 is 1.22 bits per heavy atom. The summed E-state index contributed by atoms with van der Waals surface area (Å²) in [5.41, 5.74) is 4.11. The first-order chi connectivity index (χ1) is 17.4. The van der Waals surface area contributed by atoms with Crippen LogP contribution in [0.15, 0.2) is 12.1 Å². The molecule has 7 atom stereocenters. The maximum Gasteiger partial charge on any atom is 0.235 e. The molecule has 2 fully saturated rings. The van der Waals surface area contributed by atoms with E-state index in [4.69, 9.17) is 5.73 Å². The van der Waals surface area contributed by atoms with Crippen molar-refractivity contribution >= 4 is 29.0 Å². The van der Waals surface area contributed by atoms with Gasteiger partial charge in [-0.05, 0) is 62.5 Å². The highest BCUT2D eigenvalue weighted by Gasteiger charge is 2.69. The van der Waals surface area contributed by atoms with Crippen LogP contribution in [-0.4, -0.2) is 76.4 Å². The summed E-state index contributed by atoms with van der Waals surface area (Å²) in [6.07, 6.45) is 1.32. The van der Waals surface area contributed by atoms with Crippen LogP contribution in [0.25, 0.3) is 0 Å². The molecule has 0 aromatic heterocycles. The van der Waals surface area contributed by atoms with Crippen LogP contribution in [0.2, 0.25) is 0 Å². The van der Waals surface area contributed by atoms with Crippen LogP contribution in [0.1, 0.15) is 48.2 Å². The third-order valence-corrected chi connectivity index (χ3v) is 8.55. The third kappa shape index (κ3) is 4.11. The van der Waals surface area contributed by atoms with E-state index in [1.807, 2.05) is 0 Å². The number of nitrogens with one attached hydrogen (secondary N) is 1. The van der Waals surface area contributed by atoms with E-state index in [1.54, 1.807) is 20.2 Å². The van der Waals surface area contributed by atoms with Gasteiger partial charge in [-0.3, -0.25) is 28.9 Å². The van der Waals surface area contributed by atoms with Gasteiger partial charge in [-0.1, -0.05) is 26.3 Å². The van der Waals surface area contributed by atoms with Crippen LogP contribution >= 0.6 is 0 Å². The first-order valence-corrected chi connectivity index (χ1v) is 12.7. The highest BCUT2D eigenvalue weighted by Crippen LogP contribution is 2.51. The molecule has 3 aliphatic rings. The minimum Gasteiger partial charge on any atom is -0.507 e. The largest absolute Gasteiger partial charge is 0.507 e. The minimum atomic E-state index is -2.71. The van der Waals surface area contributed by atoms with E-state index in [0.29, 0.717) is 18.0 Å². The van der Waals surface area contributed by atoms with Crippen molar-refractivity contribution in [2.24, 2.45) is 35.3 Å². The SMILES string of the molecule is CCC(C)CNCc1ccc(O)c2c1C[C@@H]1C[C@@H]3[C@@H](N(C)C)C(=O)C(C(N)=O)C(=O)[C@]3(O)C(=O)C1C2=O. The van der Waals surface area contributed by atoms with Gasteiger partial charge in [0.1, 0.15) is 5.75 Å². The Morgan fingerprint density at radius 3 is 2.49 bits per heavy atom. The van der Waals surface area contributed by atoms with Gasteiger partial charge in [0.2, 0.25) is 5.91 Å². The van der Waals surface area contributed by atoms with Crippen molar-refractivity contribution in [3.63, 3.8) is 0 Å². The fourth-order valence-electron chi connectivity index (χ4n) is 6.43. The summed E-state index contributed by atoms with van der Waals surface area (Å²) in [4.78, 5) is 67.4. The molecule has 0 bridgehead atoms. The topological polar surface area (TPSA) is 167 Å². The Balaban J connectivity index is 1.76. The van der Waals surface area contributed by atoms with Gasteiger partial charge < -0.3 is 21.3 Å². The van der Waals surface area contributed by atoms with Crippen molar-refractivity contribution in [2.75, 3.05) is 20.6 Å². The van der Waals surface area contributed by atoms with Crippen molar-refractivity contribution in [2.45, 2.75) is 51.3 Å². The summed E-state index contributed by atoms with van der Waals surface area (Å²) in [6.45, 7) is 5.47. The molecule has 3 aliphatic carbocycles. The molecule has 2 saturated carbocycles. The van der Waals surface area contributed by atoms with E-state index in [-0.39, 0.29) is 24.2 Å². The summed E-state index contributed by atoms with van der Waals surface area (Å²) >= 11 is 0. The molecule has 37 heavy (non-hydrogen) atoms. The van der Waals surface area contributed by atoms with E-state index in [0.717, 1.165) is 18.5 Å². The summed E-state index contributed by atoms with van der Waals surface area (Å²) in [5, 5.41) is 25.6. The van der Waals surface area contributed by atoms with Gasteiger partial charge in [0.05, 0.1) is 17.5 Å². The predicted octanol–water partition coefficient (Wildman–Crippen LogP) is 0.00270. The Labute approximate surface area is 215 Å². The first kappa shape index (κ1) is 27.1. The molecule has 0 spiro atoms. The van der Waals surface area contributed by atoms with Gasteiger partial charge in [-0.15, -0.1) is 0 Å². The summed E-state index contributed by atoms with van der Waals surface area (Å²) in [6, 6.07) is 2.06. The number of aliphatic hydroxyl groups is 1. The molecule has 0 heterocycles. The number of hydrogen-bond acceptors (Lipinski definition) is 9. The third-order valence-electron chi connectivity index (χ3n) is 8.55. The number of aromatic hydroxyl groups is 1. The molecule has 0 saturated heterocycles. The smallest absolute Gasteiger partial charge is 0.235 e. The van der Waals surface area contributed by atoms with Crippen LogP contribution in [0.3, 0.4) is 0 Å². The highest BCUT2D eigenvalue weighted by molar-refractivity contribution is 6.32. The molecule has 0 aliphatic heterocycles. The quantitative estimate of drug-likeness (QED) is 0.367. The number of phenolic OH excluding ortho intramolecular Hbond substituents is 1. The van der Waals surface area contributed by atoms with Gasteiger partial charge >= 0.3 is 0 Å². The van der Waals surface area contributed by atoms with E-state index in [2.05, 4.69) is 19.2 Å². The maximum atomic E-state index is 13.8. The number of amides is 1. The lowest BCUT2D eigenvalue weighted by atomic mass is 9.52. The number of nitrogens with zero attached hydrogens (tertiary/aromatic N) is 1. The molecule has 4 rings (SSSR count). The lowest BCUT2D eigenvalue weighted by molar-refractivity contribution is -0.181. The molecule has 1 aromatic carbocycles. The number of nitrogens with two attached hydrogens (primary N) is 1. The van der Waals surface area contributed by atoms with Crippen LogP contribution in [0.5, 0.6) is 5.75 Å². The number of phenols is 1. The fourth-order valence-corrected chi connectivity index (χ4v) is 6.43. The van der Waals surface area contributed by atoms with Crippen LogP contribution in [-0.2, 0) is 32.1 Å². The molecule has 1 aromatic rings. The average molecular weight is 514 g/mol. The highest BCUT2D eigenvalue weighted by atomic mass is 16.3. The number of ketones is 4. The molecule has 1 amide bonds. The summed E-state index contributed by atoms with van der Waals surface area (Å²) in [7, 11) is 3.13. The second kappa shape index (κ2) is 9.74. The number of likely N-dealkylation sites (N-methyl/N-ethyl adjacent to an activating group) is 1. The Hall–Kier alpha value is -2.95. The molecular formula is C27H35N3O7. The lowest BCUT2D eigenvalue weighted by Gasteiger charge is -2.52. The van der Waals surface area contributed by atoms with Gasteiger partial charge in [0.25, 0.3) is 0 Å². The zero-order valence-electron chi connectivity index (χ0n) is 21.6. The number of fused-ring (bicyclic) bond motifs is 3. The zero-order chi connectivity index (χ0) is 27.4. The molecule has 0 radical (unpaired) electrons. The van der Waals surface area contributed by atoms with Gasteiger partial charge in [-0.25, -0.2) is 0 Å². The van der Waals surface area contributed by atoms with Gasteiger partial charge in [-0.2, -0.15) is 0 Å². The Bertz CT molecular complexity index is 1180. The van der Waals surface area contributed by atoms with Crippen molar-refractivity contribution < 1.29 is 34.2 Å². The van der Waals surface area contributed by atoms with E-state index in [1.165, 1.54) is 11.0 Å². The Morgan fingerprint density at radius 2 is 1.89 bits per heavy atom. The number of benzene rings is 1. The first-order valence-electron chi connectivity index (χ1n) is 12.7. The maximum absolute atomic E-state index is 13.8. The molecule has 3 unspecified atom stereocenters. The molecule has 10 heteroatoms. The molecule has 5 N–H and O–H groups in total. The van der Waals surface area contributed by atoms with Crippen LogP contribution in [0, 0.1) is 29.6 Å². The predicted molar refractivity (Wildman–Crippen MR) is 133 cm³/mol. The van der Waals surface area contributed by atoms with Crippen LogP contribution < -0.4 is 11.1 Å². The van der Waals surface area contributed by atoms with Crippen LogP contribution in [0.4, 0.5) is 0 Å². The van der Waals surface area contributed by atoms with Crippen molar-refractivity contribution in [1.82, 2.24) is 10.2 Å². The van der Waals surface area contributed by atoms with Gasteiger partial charge in [0, 0.05) is 12.5 Å². The number of carbonyl (C=O) groups excluding carboxylic acids is 5. The Kier molecular flexibility index (Phi) is 7.13. The van der Waals surface area contributed by atoms with E-state index >= 15 is 0 Å². The number of carbonyl (C=O) groups is 5. The summed E-state index contributed by atoms with van der Waals surface area (Å²) in [5.74, 6) is -9.82. The normalized spacial score (nSPS) is 32.1. The summed E-state index contributed by atoms with van der Waals surface area (Å²) < 4.78 is 0. The van der Waals surface area contributed by atoms with E-state index in [9.17, 15) is 34.2 Å². The second-order valence-electron chi connectivity index (χ2n) is 11.0. The molecular weight excluding hydrogens is 478 g/mol. The fraction of sp³-hybridized carbons (Fsp3) is 0.593. The van der Waals surface area contributed by atoms with Gasteiger partial charge in [0.15, 0.2) is 34.7 Å². The zero-order valence-corrected chi connectivity index (χ0v) is 21.6. The standard InChI is InChI=1S/C27H35N3O7/c1-5-12(2)10-29-11-13-6-7-17(31)19-15(13)8-14-9-16-21(30(3)4)23(33)20(26(28)36)25(35)27(16,37)24(34)18(14)22(19)32/h6-7,12,14,16,18,20-21,29,31,37H,5,8-11H2,1-4H3,(H2,28,36)/t12?,14-,16-,18?,20?,21-,27-/m1/s1. The lowest BCUT2D eigenvalue weighted by Crippen LogP contribution is -2.74. The number of primary amides is 1. The number of hydrogen-bond donors (Lipinski definition) is 4. The molecule has 10 nitrogen and oxygen atoms in total. The molecule has 200 valence electrons. The average Bonchev–Trinajstić information content (AvgIpc) is 2.82.